The molecule has 5 fully saturated rings. The Morgan fingerprint density at radius 3 is 2.76 bits per heavy atom. The number of carbonyl (C=O) groups excluding carboxylic acids is 2. The Morgan fingerprint density at radius 2 is 2.03 bits per heavy atom. The van der Waals surface area contributed by atoms with E-state index >= 15 is 0 Å². The highest BCUT2D eigenvalue weighted by Crippen LogP contribution is 2.20. The van der Waals surface area contributed by atoms with Crippen LogP contribution in [0.3, 0.4) is 0 Å². The fraction of sp³-hybridized carbons (Fsp3) is 0.913. The van der Waals surface area contributed by atoms with Crippen LogP contribution in [0.1, 0.15) is 38.5 Å². The Labute approximate surface area is 208 Å². The summed E-state index contributed by atoms with van der Waals surface area (Å²) in [6.07, 6.45) is 7.04. The minimum atomic E-state index is -0.0576. The number of piperidine rings is 1. The van der Waals surface area contributed by atoms with E-state index in [1.807, 2.05) is 0 Å². The highest BCUT2D eigenvalue weighted by Gasteiger charge is 2.48. The van der Waals surface area contributed by atoms with Crippen LogP contribution in [-0.2, 0) is 9.59 Å². The van der Waals surface area contributed by atoms with Crippen molar-refractivity contribution in [2.75, 3.05) is 65.2 Å². The minimum Gasteiger partial charge on any atom is -0.349 e. The number of rotatable bonds is 6. The number of quaternary nitrogens is 2. The van der Waals surface area contributed by atoms with Gasteiger partial charge in [-0.2, -0.15) is 0 Å². The van der Waals surface area contributed by atoms with Crippen LogP contribution in [0.15, 0.2) is 0 Å². The van der Waals surface area contributed by atoms with E-state index in [0.717, 1.165) is 57.9 Å². The van der Waals surface area contributed by atoms with Gasteiger partial charge in [-0.25, -0.2) is 10.3 Å². The second-order valence-corrected chi connectivity index (χ2v) is 11.6. The molecule has 0 aromatic carbocycles. The van der Waals surface area contributed by atoms with Gasteiger partial charge in [0.2, 0.25) is 11.8 Å². The van der Waals surface area contributed by atoms with E-state index in [-0.39, 0.29) is 17.9 Å². The summed E-state index contributed by atoms with van der Waals surface area (Å²) in [5, 5.41) is 5.70. The number of nitrogens with zero attached hydrogens (tertiary/aromatic N) is 3. The Morgan fingerprint density at radius 1 is 1.18 bits per heavy atom. The summed E-state index contributed by atoms with van der Waals surface area (Å²) in [5.41, 5.74) is 3.30. The molecule has 6 N–H and O–H groups in total. The van der Waals surface area contributed by atoms with Crippen molar-refractivity contribution in [1.82, 2.24) is 30.3 Å². The molecule has 34 heavy (non-hydrogen) atoms. The second kappa shape index (κ2) is 11.4. The third-order valence-corrected chi connectivity index (χ3v) is 9.66. The number of likely N-dealkylation sites (N-methyl/N-ethyl adjacent to an activating group) is 1. The zero-order valence-corrected chi connectivity index (χ0v) is 21.5. The molecule has 0 aliphatic carbocycles. The molecule has 6 atom stereocenters. The first kappa shape index (κ1) is 24.7. The number of nitrogens with two attached hydrogens (primary N) is 1. The molecule has 5 heterocycles. The van der Waals surface area contributed by atoms with Crippen LogP contribution < -0.4 is 25.8 Å². The number of likely N-dealkylation sites (tertiary alicyclic amines) is 1. The van der Waals surface area contributed by atoms with Crippen molar-refractivity contribution in [3.8, 4) is 0 Å². The summed E-state index contributed by atoms with van der Waals surface area (Å²) in [6.45, 7) is 7.49. The molecule has 6 unspecified atom stereocenters. The van der Waals surface area contributed by atoms with Crippen molar-refractivity contribution >= 4 is 23.8 Å². The van der Waals surface area contributed by atoms with Gasteiger partial charge in [-0.15, -0.1) is 0 Å². The van der Waals surface area contributed by atoms with Gasteiger partial charge in [-0.3, -0.25) is 19.4 Å². The van der Waals surface area contributed by atoms with Gasteiger partial charge >= 0.3 is 0 Å². The molecule has 0 bridgehead atoms. The lowest BCUT2D eigenvalue weighted by atomic mass is 10.0. The number of hydrogen-bond donors (Lipinski definition) is 5. The zero-order chi connectivity index (χ0) is 23.5. The van der Waals surface area contributed by atoms with Gasteiger partial charge in [0.15, 0.2) is 0 Å². The van der Waals surface area contributed by atoms with Crippen LogP contribution in [0.2, 0.25) is 0 Å². The maximum absolute atomic E-state index is 13.0. The third kappa shape index (κ3) is 5.55. The number of fused-ring (bicyclic) bond motifs is 1. The molecule has 11 heteroatoms. The standard InChI is InChI=1S/C23H42N8O2S/c1-28-18(5-6-21(32)30-12-10-29(11-13-30)20-4-2-3-8-24-20)14-25-23(33)22-19(28)7-9-31(22)15-17-16-34-27-26-17/h17-20,22,24,26-27H,2-16H2,1H3,(H,25,33)/p+2. The molecule has 0 saturated carbocycles. The molecule has 0 aromatic heterocycles. The molecular weight excluding hydrogens is 452 g/mol. The SMILES string of the molecule is C[NH+]1C(CCC(=O)N2CCN(C3CCCC[NH2+]3)CC2)CNC(=O)C2C1CCN2CC1CSNN1. The summed E-state index contributed by atoms with van der Waals surface area (Å²) in [4.78, 5) is 37.6. The molecule has 2 amide bonds. The quantitative estimate of drug-likeness (QED) is 0.244. The van der Waals surface area contributed by atoms with Crippen LogP contribution in [0, 0.1) is 0 Å². The lowest BCUT2D eigenvalue weighted by Crippen LogP contribution is -3.18. The Kier molecular flexibility index (Phi) is 8.30. The van der Waals surface area contributed by atoms with Crippen molar-refractivity contribution in [2.24, 2.45) is 0 Å². The first-order chi connectivity index (χ1) is 16.6. The van der Waals surface area contributed by atoms with Crippen LogP contribution in [-0.4, -0.2) is 122 Å². The largest absolute Gasteiger partial charge is 0.349 e. The number of piperazine rings is 1. The molecule has 5 aliphatic heterocycles. The zero-order valence-electron chi connectivity index (χ0n) is 20.6. The maximum Gasteiger partial charge on any atom is 0.243 e. The third-order valence-electron chi connectivity index (χ3n) is 8.83. The molecule has 0 radical (unpaired) electrons. The number of amides is 2. The van der Waals surface area contributed by atoms with Gasteiger partial charge in [0.05, 0.1) is 20.1 Å². The predicted octanol–water partition coefficient (Wildman–Crippen LogP) is -3.44. The fourth-order valence-electron chi connectivity index (χ4n) is 6.71. The van der Waals surface area contributed by atoms with E-state index in [9.17, 15) is 9.59 Å². The molecule has 5 saturated heterocycles. The van der Waals surface area contributed by atoms with E-state index in [2.05, 4.69) is 42.6 Å². The lowest BCUT2D eigenvalue weighted by molar-refractivity contribution is -0.928. The van der Waals surface area contributed by atoms with Crippen molar-refractivity contribution in [3.63, 3.8) is 0 Å². The summed E-state index contributed by atoms with van der Waals surface area (Å²) in [6, 6.07) is 0.922. The van der Waals surface area contributed by atoms with Crippen molar-refractivity contribution in [1.29, 1.82) is 0 Å². The summed E-state index contributed by atoms with van der Waals surface area (Å²) < 4.78 is 0. The van der Waals surface area contributed by atoms with Gasteiger partial charge < -0.3 is 20.4 Å². The number of hydrogen-bond acceptors (Lipinski definition) is 7. The monoisotopic (exact) mass is 496 g/mol. The average Bonchev–Trinajstić information content (AvgIpc) is 3.52. The average molecular weight is 497 g/mol. The van der Waals surface area contributed by atoms with E-state index in [4.69, 9.17) is 0 Å². The lowest BCUT2D eigenvalue weighted by Gasteiger charge is -2.39. The molecule has 192 valence electrons. The number of hydrazine groups is 1. The highest BCUT2D eigenvalue weighted by molar-refractivity contribution is 7.97. The first-order valence-electron chi connectivity index (χ1n) is 13.4. The van der Waals surface area contributed by atoms with E-state index in [1.165, 1.54) is 30.7 Å². The molecule has 0 spiro atoms. The summed E-state index contributed by atoms with van der Waals surface area (Å²) in [7, 11) is 2.24. The van der Waals surface area contributed by atoms with Crippen LogP contribution >= 0.6 is 11.9 Å². The van der Waals surface area contributed by atoms with Crippen molar-refractivity contribution in [3.05, 3.63) is 0 Å². The summed E-state index contributed by atoms with van der Waals surface area (Å²) in [5.74, 6) is 1.48. The topological polar surface area (TPSA) is 101 Å². The number of nitrogens with one attached hydrogen (secondary N) is 4. The fourth-order valence-corrected chi connectivity index (χ4v) is 7.44. The van der Waals surface area contributed by atoms with E-state index in [1.54, 1.807) is 11.9 Å². The first-order valence-corrected chi connectivity index (χ1v) is 14.4. The second-order valence-electron chi connectivity index (χ2n) is 10.8. The van der Waals surface area contributed by atoms with E-state index < -0.39 is 0 Å². The molecule has 10 nitrogen and oxygen atoms in total. The minimum absolute atomic E-state index is 0.0576. The molecule has 5 rings (SSSR count). The van der Waals surface area contributed by atoms with Gasteiger partial charge in [-0.05, 0) is 12.8 Å². The van der Waals surface area contributed by atoms with Gasteiger partial charge in [0.25, 0.3) is 0 Å². The maximum atomic E-state index is 13.0. The number of carbonyl (C=O) groups is 2. The normalized spacial score (nSPS) is 37.9. The van der Waals surface area contributed by atoms with Crippen molar-refractivity contribution in [2.45, 2.75) is 68.9 Å². The van der Waals surface area contributed by atoms with Crippen LogP contribution in [0.25, 0.3) is 0 Å². The smallest absolute Gasteiger partial charge is 0.243 e. The molecular formula is C23H44N8O2S+2. The Bertz CT molecular complexity index is 709. The van der Waals surface area contributed by atoms with Crippen molar-refractivity contribution < 1.29 is 19.8 Å². The van der Waals surface area contributed by atoms with Gasteiger partial charge in [0.1, 0.15) is 24.3 Å². The van der Waals surface area contributed by atoms with Gasteiger partial charge in [0, 0.05) is 76.7 Å². The van der Waals surface area contributed by atoms with Crippen LogP contribution in [0.5, 0.6) is 0 Å². The predicted molar refractivity (Wildman–Crippen MR) is 132 cm³/mol. The molecule has 5 aliphatic rings. The molecule has 0 aromatic rings. The highest BCUT2D eigenvalue weighted by atomic mass is 32.2. The summed E-state index contributed by atoms with van der Waals surface area (Å²) >= 11 is 1.70. The Hall–Kier alpha value is -0.950. The van der Waals surface area contributed by atoms with Gasteiger partial charge in [-0.1, -0.05) is 11.9 Å². The Balaban J connectivity index is 1.10. The van der Waals surface area contributed by atoms with E-state index in [0.29, 0.717) is 37.3 Å². The van der Waals surface area contributed by atoms with Crippen LogP contribution in [0.4, 0.5) is 0 Å².